The first kappa shape index (κ1) is 16.5. The normalized spacial score (nSPS) is 10.8. The number of nitrogens with zero attached hydrogens (tertiary/aromatic N) is 3. The van der Waals surface area contributed by atoms with Gasteiger partial charge in [0.25, 0.3) is 0 Å². The van der Waals surface area contributed by atoms with Crippen LogP contribution in [0.3, 0.4) is 0 Å². The van der Waals surface area contributed by atoms with Crippen molar-refractivity contribution in [2.24, 2.45) is 0 Å². The predicted molar refractivity (Wildman–Crippen MR) is 105 cm³/mol. The van der Waals surface area contributed by atoms with Gasteiger partial charge in [0.1, 0.15) is 10.8 Å². The fraction of sp³-hybridized carbons (Fsp3) is 0.143. The lowest BCUT2D eigenvalue weighted by molar-refractivity contribution is 0.303. The number of thiazole rings is 1. The molecular weight excluding hydrogens is 342 g/mol. The van der Waals surface area contributed by atoms with Gasteiger partial charge in [-0.3, -0.25) is 0 Å². The standard InChI is InChI=1S/C21H19N3OS/c1-2-7-17(8-3-1)21-23-19(15-26-21)18-9-4-5-10-20(18)25-14-6-12-24-13-11-22-16-24/h1-5,7-11,13,15-16H,6,12,14H2. The van der Waals surface area contributed by atoms with Crippen LogP contribution in [-0.4, -0.2) is 21.1 Å². The van der Waals surface area contributed by atoms with Crippen LogP contribution >= 0.6 is 11.3 Å². The molecule has 130 valence electrons. The molecule has 2 aromatic heterocycles. The van der Waals surface area contributed by atoms with Crippen LogP contribution in [0.4, 0.5) is 0 Å². The smallest absolute Gasteiger partial charge is 0.128 e. The molecule has 4 nitrogen and oxygen atoms in total. The first-order chi connectivity index (χ1) is 12.9. The summed E-state index contributed by atoms with van der Waals surface area (Å²) in [5, 5.41) is 3.12. The summed E-state index contributed by atoms with van der Waals surface area (Å²) in [6, 6.07) is 18.4. The molecule has 0 aliphatic carbocycles. The predicted octanol–water partition coefficient (Wildman–Crippen LogP) is 5.14. The van der Waals surface area contributed by atoms with E-state index in [1.54, 1.807) is 17.5 Å². The zero-order valence-electron chi connectivity index (χ0n) is 14.3. The lowest BCUT2D eigenvalue weighted by Crippen LogP contribution is -2.03. The number of hydrogen-bond donors (Lipinski definition) is 0. The molecule has 0 bridgehead atoms. The minimum absolute atomic E-state index is 0.658. The van der Waals surface area contributed by atoms with E-state index in [2.05, 4.69) is 33.1 Å². The highest BCUT2D eigenvalue weighted by Crippen LogP contribution is 2.33. The SMILES string of the molecule is c1ccc(-c2nc(-c3ccccc3OCCCn3ccnc3)cs2)cc1. The minimum atomic E-state index is 0.658. The van der Waals surface area contributed by atoms with E-state index >= 15 is 0 Å². The van der Waals surface area contributed by atoms with Crippen molar-refractivity contribution in [3.8, 4) is 27.6 Å². The van der Waals surface area contributed by atoms with E-state index in [4.69, 9.17) is 9.72 Å². The summed E-state index contributed by atoms with van der Waals surface area (Å²) < 4.78 is 8.09. The second-order valence-corrected chi connectivity index (χ2v) is 6.76. The number of para-hydroxylation sites is 1. The zero-order valence-corrected chi connectivity index (χ0v) is 15.1. The van der Waals surface area contributed by atoms with Gasteiger partial charge in [0.15, 0.2) is 0 Å². The van der Waals surface area contributed by atoms with E-state index in [-0.39, 0.29) is 0 Å². The van der Waals surface area contributed by atoms with Gasteiger partial charge in [-0.05, 0) is 18.6 Å². The molecule has 4 aromatic rings. The molecule has 0 atom stereocenters. The van der Waals surface area contributed by atoms with Gasteiger partial charge in [0.05, 0.1) is 18.6 Å². The van der Waals surface area contributed by atoms with E-state index in [1.165, 1.54) is 0 Å². The Morgan fingerprint density at radius 3 is 2.69 bits per heavy atom. The van der Waals surface area contributed by atoms with Gasteiger partial charge >= 0.3 is 0 Å². The quantitative estimate of drug-likeness (QED) is 0.428. The first-order valence-electron chi connectivity index (χ1n) is 8.59. The fourth-order valence-corrected chi connectivity index (χ4v) is 3.59. The number of hydrogen-bond acceptors (Lipinski definition) is 4. The maximum Gasteiger partial charge on any atom is 0.128 e. The molecule has 0 radical (unpaired) electrons. The molecule has 2 heterocycles. The van der Waals surface area contributed by atoms with Crippen LogP contribution in [0.1, 0.15) is 6.42 Å². The average Bonchev–Trinajstić information content (AvgIpc) is 3.38. The van der Waals surface area contributed by atoms with Crippen LogP contribution in [0.25, 0.3) is 21.8 Å². The Kier molecular flexibility index (Phi) is 5.07. The van der Waals surface area contributed by atoms with Crippen molar-refractivity contribution in [1.82, 2.24) is 14.5 Å². The third-order valence-corrected chi connectivity index (χ3v) is 4.96. The van der Waals surface area contributed by atoms with Gasteiger partial charge in [-0.2, -0.15) is 0 Å². The highest BCUT2D eigenvalue weighted by atomic mass is 32.1. The largest absolute Gasteiger partial charge is 0.493 e. The van der Waals surface area contributed by atoms with Gasteiger partial charge in [0.2, 0.25) is 0 Å². The Labute approximate surface area is 156 Å². The third-order valence-electron chi connectivity index (χ3n) is 4.07. The lowest BCUT2D eigenvalue weighted by Gasteiger charge is -2.10. The molecule has 26 heavy (non-hydrogen) atoms. The fourth-order valence-electron chi connectivity index (χ4n) is 2.76. The van der Waals surface area contributed by atoms with Crippen molar-refractivity contribution in [1.29, 1.82) is 0 Å². The summed E-state index contributed by atoms with van der Waals surface area (Å²) in [5.74, 6) is 0.878. The molecule has 0 saturated carbocycles. The Morgan fingerprint density at radius 1 is 1.00 bits per heavy atom. The molecule has 0 aliphatic heterocycles. The number of benzene rings is 2. The highest BCUT2D eigenvalue weighted by molar-refractivity contribution is 7.13. The molecule has 0 N–H and O–H groups in total. The number of aromatic nitrogens is 3. The summed E-state index contributed by atoms with van der Waals surface area (Å²) in [7, 11) is 0. The van der Waals surface area contributed by atoms with Gasteiger partial charge in [0, 0.05) is 35.4 Å². The summed E-state index contributed by atoms with van der Waals surface area (Å²) in [4.78, 5) is 8.86. The summed E-state index contributed by atoms with van der Waals surface area (Å²) in [6.07, 6.45) is 6.52. The van der Waals surface area contributed by atoms with Gasteiger partial charge in [-0.15, -0.1) is 11.3 Å². The first-order valence-corrected chi connectivity index (χ1v) is 9.47. The average molecular weight is 361 g/mol. The molecule has 0 saturated heterocycles. The van der Waals surface area contributed by atoms with Crippen LogP contribution in [0.2, 0.25) is 0 Å². The molecule has 4 rings (SSSR count). The van der Waals surface area contributed by atoms with Crippen LogP contribution in [0, 0.1) is 0 Å². The van der Waals surface area contributed by atoms with Crippen molar-refractivity contribution >= 4 is 11.3 Å². The monoisotopic (exact) mass is 361 g/mol. The summed E-state index contributed by atoms with van der Waals surface area (Å²) in [5.41, 5.74) is 3.13. The van der Waals surface area contributed by atoms with E-state index < -0.39 is 0 Å². The van der Waals surface area contributed by atoms with Crippen LogP contribution in [0.15, 0.2) is 78.7 Å². The van der Waals surface area contributed by atoms with Gasteiger partial charge in [-0.25, -0.2) is 9.97 Å². The maximum absolute atomic E-state index is 6.04. The third kappa shape index (κ3) is 3.83. The lowest BCUT2D eigenvalue weighted by atomic mass is 10.1. The number of aryl methyl sites for hydroxylation is 1. The zero-order chi connectivity index (χ0) is 17.6. The van der Waals surface area contributed by atoms with E-state index in [9.17, 15) is 0 Å². The maximum atomic E-state index is 6.04. The second-order valence-electron chi connectivity index (χ2n) is 5.90. The summed E-state index contributed by atoms with van der Waals surface area (Å²) >= 11 is 1.66. The molecule has 5 heteroatoms. The Balaban J connectivity index is 1.46. The molecule has 0 fully saturated rings. The van der Waals surface area contributed by atoms with Gasteiger partial charge < -0.3 is 9.30 Å². The molecule has 0 unspecified atom stereocenters. The van der Waals surface area contributed by atoms with Gasteiger partial charge in [-0.1, -0.05) is 42.5 Å². The Morgan fingerprint density at radius 2 is 1.85 bits per heavy atom. The Bertz CT molecular complexity index is 948. The van der Waals surface area contributed by atoms with E-state index in [0.29, 0.717) is 6.61 Å². The number of rotatable bonds is 7. The number of imidazole rings is 1. The van der Waals surface area contributed by atoms with Crippen LogP contribution < -0.4 is 4.74 Å². The van der Waals surface area contributed by atoms with Crippen LogP contribution in [-0.2, 0) is 6.54 Å². The minimum Gasteiger partial charge on any atom is -0.493 e. The molecule has 2 aromatic carbocycles. The van der Waals surface area contributed by atoms with E-state index in [0.717, 1.165) is 40.5 Å². The summed E-state index contributed by atoms with van der Waals surface area (Å²) in [6.45, 7) is 1.56. The topological polar surface area (TPSA) is 39.9 Å². The molecule has 0 aliphatic rings. The number of ether oxygens (including phenoxy) is 1. The van der Waals surface area contributed by atoms with Crippen molar-refractivity contribution < 1.29 is 4.74 Å². The van der Waals surface area contributed by atoms with Crippen molar-refractivity contribution in [3.05, 3.63) is 78.7 Å². The second kappa shape index (κ2) is 7.97. The molecule has 0 amide bonds. The molecular formula is C21H19N3OS. The van der Waals surface area contributed by atoms with Crippen molar-refractivity contribution in [2.45, 2.75) is 13.0 Å². The van der Waals surface area contributed by atoms with Crippen molar-refractivity contribution in [3.63, 3.8) is 0 Å². The van der Waals surface area contributed by atoms with Crippen LogP contribution in [0.5, 0.6) is 5.75 Å². The molecule has 0 spiro atoms. The highest BCUT2D eigenvalue weighted by Gasteiger charge is 2.11. The Hall–Kier alpha value is -2.92. The van der Waals surface area contributed by atoms with E-state index in [1.807, 2.05) is 48.9 Å². The van der Waals surface area contributed by atoms with Crippen molar-refractivity contribution in [2.75, 3.05) is 6.61 Å².